The Morgan fingerprint density at radius 1 is 1.19 bits per heavy atom. The second kappa shape index (κ2) is 5.84. The molecule has 1 rings (SSSR count). The first-order chi connectivity index (χ1) is 7.45. The summed E-state index contributed by atoms with van der Waals surface area (Å²) in [5, 5.41) is 0.568. The predicted octanol–water partition coefficient (Wildman–Crippen LogP) is 1.62. The lowest BCUT2D eigenvalue weighted by atomic mass is 10.4. The molecule has 0 fully saturated rings. The van der Waals surface area contributed by atoms with E-state index in [2.05, 4.69) is 4.72 Å². The molecule has 0 saturated carbocycles. The summed E-state index contributed by atoms with van der Waals surface area (Å²) < 4.78 is 25.9. The number of sulfonamides is 1. The minimum absolute atomic E-state index is 0.0574. The van der Waals surface area contributed by atoms with Gasteiger partial charge in [-0.25, -0.2) is 13.1 Å². The van der Waals surface area contributed by atoms with E-state index in [1.807, 2.05) is 0 Å². The van der Waals surface area contributed by atoms with Gasteiger partial charge in [0.25, 0.3) is 0 Å². The summed E-state index contributed by atoms with van der Waals surface area (Å²) >= 11 is 11.4. The van der Waals surface area contributed by atoms with Crippen LogP contribution in [0.5, 0.6) is 0 Å². The van der Waals surface area contributed by atoms with Crippen LogP contribution in [0.2, 0.25) is 10.0 Å². The molecule has 3 N–H and O–H groups in total. The molecule has 0 amide bonds. The van der Waals surface area contributed by atoms with Crippen LogP contribution in [0, 0.1) is 0 Å². The average Bonchev–Trinajstić information content (AvgIpc) is 2.16. The largest absolute Gasteiger partial charge is 0.330 e. The normalized spacial score (nSPS) is 11.7. The monoisotopic (exact) mass is 282 g/mol. The van der Waals surface area contributed by atoms with Gasteiger partial charge in [-0.05, 0) is 31.2 Å². The van der Waals surface area contributed by atoms with Crippen LogP contribution in [0.4, 0.5) is 0 Å². The molecule has 1 aromatic carbocycles. The van der Waals surface area contributed by atoms with Crippen molar-refractivity contribution >= 4 is 33.2 Å². The minimum atomic E-state index is -3.55. The van der Waals surface area contributed by atoms with Crippen molar-refractivity contribution in [3.8, 4) is 0 Å². The van der Waals surface area contributed by atoms with Gasteiger partial charge in [-0.3, -0.25) is 0 Å². The van der Waals surface area contributed by atoms with E-state index in [0.29, 0.717) is 19.5 Å². The Morgan fingerprint density at radius 3 is 2.25 bits per heavy atom. The van der Waals surface area contributed by atoms with Crippen molar-refractivity contribution in [2.24, 2.45) is 5.73 Å². The van der Waals surface area contributed by atoms with Crippen molar-refractivity contribution in [1.82, 2.24) is 4.72 Å². The average molecular weight is 283 g/mol. The quantitative estimate of drug-likeness (QED) is 0.806. The van der Waals surface area contributed by atoms with Crippen LogP contribution in [0.3, 0.4) is 0 Å². The summed E-state index contributed by atoms with van der Waals surface area (Å²) in [5.74, 6) is 0. The van der Waals surface area contributed by atoms with Crippen LogP contribution in [0.25, 0.3) is 0 Å². The van der Waals surface area contributed by atoms with Gasteiger partial charge < -0.3 is 5.73 Å². The van der Waals surface area contributed by atoms with Gasteiger partial charge in [-0.15, -0.1) is 0 Å². The van der Waals surface area contributed by atoms with Crippen LogP contribution >= 0.6 is 23.2 Å². The molecule has 0 spiro atoms. The summed E-state index contributed by atoms with van der Waals surface area (Å²) in [6.45, 7) is 0.724. The van der Waals surface area contributed by atoms with E-state index in [0.717, 1.165) is 0 Å². The molecule has 0 aliphatic carbocycles. The molecule has 1 aromatic rings. The molecule has 7 heteroatoms. The molecule has 4 nitrogen and oxygen atoms in total. The number of hydrogen-bond acceptors (Lipinski definition) is 3. The molecule has 0 unspecified atom stereocenters. The van der Waals surface area contributed by atoms with E-state index in [9.17, 15) is 8.42 Å². The van der Waals surface area contributed by atoms with Crippen molar-refractivity contribution in [3.05, 3.63) is 28.2 Å². The molecule has 0 radical (unpaired) electrons. The Kier molecular flexibility index (Phi) is 5.01. The van der Waals surface area contributed by atoms with Gasteiger partial charge in [0, 0.05) is 16.6 Å². The number of rotatable bonds is 5. The highest BCUT2D eigenvalue weighted by Crippen LogP contribution is 2.21. The number of hydrogen-bond donors (Lipinski definition) is 2. The number of benzene rings is 1. The maximum atomic E-state index is 11.7. The molecule has 0 atom stereocenters. The summed E-state index contributed by atoms with van der Waals surface area (Å²) in [6.07, 6.45) is 0.577. The van der Waals surface area contributed by atoms with Gasteiger partial charge in [-0.1, -0.05) is 23.2 Å². The molecule has 0 aliphatic heterocycles. The molecular weight excluding hydrogens is 271 g/mol. The van der Waals surface area contributed by atoms with E-state index in [1.54, 1.807) is 0 Å². The van der Waals surface area contributed by atoms with Crippen LogP contribution in [0.15, 0.2) is 23.1 Å². The second-order valence-electron chi connectivity index (χ2n) is 3.15. The van der Waals surface area contributed by atoms with E-state index in [4.69, 9.17) is 28.9 Å². The topological polar surface area (TPSA) is 72.2 Å². The molecule has 0 saturated heterocycles. The predicted molar refractivity (Wildman–Crippen MR) is 65.3 cm³/mol. The Labute approximate surface area is 105 Å². The van der Waals surface area contributed by atoms with Gasteiger partial charge in [0.05, 0.1) is 4.90 Å². The summed E-state index contributed by atoms with van der Waals surface area (Å²) in [7, 11) is -3.55. The van der Waals surface area contributed by atoms with Crippen LogP contribution in [-0.2, 0) is 10.0 Å². The Balaban J connectivity index is 2.89. The fourth-order valence-electron chi connectivity index (χ4n) is 1.08. The first-order valence-corrected chi connectivity index (χ1v) is 6.85. The maximum Gasteiger partial charge on any atom is 0.240 e. The highest BCUT2D eigenvalue weighted by Gasteiger charge is 2.14. The van der Waals surface area contributed by atoms with Crippen LogP contribution in [-0.4, -0.2) is 21.5 Å². The van der Waals surface area contributed by atoms with Crippen molar-refractivity contribution < 1.29 is 8.42 Å². The molecular formula is C9H12Cl2N2O2S. The molecule has 0 aliphatic rings. The van der Waals surface area contributed by atoms with Gasteiger partial charge >= 0.3 is 0 Å². The molecule has 0 heterocycles. The van der Waals surface area contributed by atoms with Gasteiger partial charge in [0.1, 0.15) is 0 Å². The lowest BCUT2D eigenvalue weighted by Gasteiger charge is -2.06. The molecule has 90 valence electrons. The van der Waals surface area contributed by atoms with Crippen molar-refractivity contribution in [2.45, 2.75) is 11.3 Å². The van der Waals surface area contributed by atoms with Gasteiger partial charge in [-0.2, -0.15) is 0 Å². The zero-order valence-electron chi connectivity index (χ0n) is 8.41. The molecule has 0 aromatic heterocycles. The number of halogens is 2. The van der Waals surface area contributed by atoms with Crippen LogP contribution < -0.4 is 10.5 Å². The lowest BCUT2D eigenvalue weighted by molar-refractivity contribution is 0.579. The second-order valence-corrected chi connectivity index (χ2v) is 5.78. The van der Waals surface area contributed by atoms with E-state index in [-0.39, 0.29) is 14.9 Å². The van der Waals surface area contributed by atoms with Crippen LogP contribution in [0.1, 0.15) is 6.42 Å². The van der Waals surface area contributed by atoms with Crippen molar-refractivity contribution in [3.63, 3.8) is 0 Å². The summed E-state index contributed by atoms with van der Waals surface area (Å²) in [6, 6.07) is 4.17. The molecule has 16 heavy (non-hydrogen) atoms. The third kappa shape index (κ3) is 3.92. The van der Waals surface area contributed by atoms with Gasteiger partial charge in [0.15, 0.2) is 0 Å². The third-order valence-corrected chi connectivity index (χ3v) is 3.70. The van der Waals surface area contributed by atoms with Crippen molar-refractivity contribution in [1.29, 1.82) is 0 Å². The smallest absolute Gasteiger partial charge is 0.240 e. The Bertz CT molecular complexity index is 442. The zero-order chi connectivity index (χ0) is 12.2. The fourth-order valence-corrected chi connectivity index (χ4v) is 2.88. The van der Waals surface area contributed by atoms with E-state index < -0.39 is 10.0 Å². The van der Waals surface area contributed by atoms with E-state index >= 15 is 0 Å². The van der Waals surface area contributed by atoms with Crippen molar-refractivity contribution in [2.75, 3.05) is 13.1 Å². The number of nitrogens with one attached hydrogen (secondary N) is 1. The van der Waals surface area contributed by atoms with Gasteiger partial charge in [0.2, 0.25) is 10.0 Å². The highest BCUT2D eigenvalue weighted by atomic mass is 35.5. The Hall–Kier alpha value is -0.330. The first-order valence-electron chi connectivity index (χ1n) is 4.61. The lowest BCUT2D eigenvalue weighted by Crippen LogP contribution is -2.26. The third-order valence-electron chi connectivity index (χ3n) is 1.82. The SMILES string of the molecule is NCCCNS(=O)(=O)c1cc(Cl)cc(Cl)c1. The zero-order valence-corrected chi connectivity index (χ0v) is 10.7. The fraction of sp³-hybridized carbons (Fsp3) is 0.333. The summed E-state index contributed by atoms with van der Waals surface area (Å²) in [4.78, 5) is 0.0574. The minimum Gasteiger partial charge on any atom is -0.330 e. The highest BCUT2D eigenvalue weighted by molar-refractivity contribution is 7.89. The first kappa shape index (κ1) is 13.7. The maximum absolute atomic E-state index is 11.7. The molecule has 0 bridgehead atoms. The Morgan fingerprint density at radius 2 is 1.75 bits per heavy atom. The number of nitrogens with two attached hydrogens (primary N) is 1. The van der Waals surface area contributed by atoms with E-state index in [1.165, 1.54) is 18.2 Å². The summed E-state index contributed by atoms with van der Waals surface area (Å²) in [5.41, 5.74) is 5.27. The standard InChI is InChI=1S/C9H12Cl2N2O2S/c10-7-4-8(11)6-9(5-7)16(14,15)13-3-1-2-12/h4-6,13H,1-3,12H2.